The first-order valence-corrected chi connectivity index (χ1v) is 14.3. The van der Waals surface area contributed by atoms with E-state index in [-0.39, 0.29) is 18.5 Å². The normalized spacial score (nSPS) is 12.1. The number of esters is 1. The zero-order chi connectivity index (χ0) is 23.5. The van der Waals surface area contributed by atoms with Gasteiger partial charge in [-0.2, -0.15) is 0 Å². The van der Waals surface area contributed by atoms with Crippen LogP contribution < -0.4 is 0 Å². The van der Waals surface area contributed by atoms with Gasteiger partial charge in [0.2, 0.25) is 6.29 Å². The summed E-state index contributed by atoms with van der Waals surface area (Å²) < 4.78 is 5.56. The van der Waals surface area contributed by atoms with Crippen LogP contribution in [0.3, 0.4) is 0 Å². The van der Waals surface area contributed by atoms with Crippen molar-refractivity contribution in [2.45, 2.75) is 174 Å². The van der Waals surface area contributed by atoms with Gasteiger partial charge >= 0.3 is 5.97 Å². The van der Waals surface area contributed by atoms with Crippen molar-refractivity contribution in [1.82, 2.24) is 0 Å². The van der Waals surface area contributed by atoms with Crippen LogP contribution >= 0.6 is 0 Å². The average molecular weight is 452 g/mol. The summed E-state index contributed by atoms with van der Waals surface area (Å²) in [5, 5.41) is 0. The molecule has 0 bridgehead atoms. The number of hydrogen-bond donors (Lipinski definition) is 0. The van der Waals surface area contributed by atoms with Crippen LogP contribution in [-0.2, 0) is 14.3 Å². The van der Waals surface area contributed by atoms with Gasteiger partial charge in [0.05, 0.1) is 6.42 Å². The van der Waals surface area contributed by atoms with Crippen LogP contribution in [0.15, 0.2) is 0 Å². The minimum atomic E-state index is -0.262. The van der Waals surface area contributed by atoms with Crippen molar-refractivity contribution in [3.8, 4) is 0 Å². The van der Waals surface area contributed by atoms with Crippen LogP contribution in [0, 0.1) is 0 Å². The fourth-order valence-corrected chi connectivity index (χ4v) is 4.33. The standard InChI is InChI=1S/C29H55O3/c1-3-5-7-9-11-13-15-17-19-21-23-25-29(31)32-28(26-27-30)24-22-20-18-16-14-12-10-8-6-4-2/h28H,3-26H2,1-2H3. The summed E-state index contributed by atoms with van der Waals surface area (Å²) in [5.74, 6) is -0.131. The highest BCUT2D eigenvalue weighted by Gasteiger charge is 2.14. The number of carbonyl (C=O) groups excluding carboxylic acids is 2. The molecule has 0 aromatic rings. The predicted octanol–water partition coefficient (Wildman–Crippen LogP) is 9.41. The molecule has 0 spiro atoms. The summed E-state index contributed by atoms with van der Waals surface area (Å²) in [5.41, 5.74) is 0. The van der Waals surface area contributed by atoms with E-state index >= 15 is 0 Å². The van der Waals surface area contributed by atoms with Crippen molar-refractivity contribution in [3.63, 3.8) is 0 Å². The molecule has 0 aromatic carbocycles. The molecule has 0 aromatic heterocycles. The molecular formula is C29H55O3. The maximum Gasteiger partial charge on any atom is 0.306 e. The third-order valence-electron chi connectivity index (χ3n) is 6.47. The highest BCUT2D eigenvalue weighted by atomic mass is 16.5. The number of rotatable bonds is 26. The summed E-state index contributed by atoms with van der Waals surface area (Å²) in [6.07, 6.45) is 30.1. The molecule has 0 aliphatic carbocycles. The van der Waals surface area contributed by atoms with Gasteiger partial charge in [0.1, 0.15) is 6.10 Å². The molecule has 32 heavy (non-hydrogen) atoms. The maximum absolute atomic E-state index is 12.1. The van der Waals surface area contributed by atoms with Gasteiger partial charge in [-0.15, -0.1) is 0 Å². The molecule has 0 rings (SSSR count). The van der Waals surface area contributed by atoms with Gasteiger partial charge in [0, 0.05) is 6.42 Å². The highest BCUT2D eigenvalue weighted by molar-refractivity contribution is 5.69. The van der Waals surface area contributed by atoms with Crippen molar-refractivity contribution >= 4 is 12.3 Å². The van der Waals surface area contributed by atoms with Crippen LogP contribution in [0.25, 0.3) is 0 Å². The lowest BCUT2D eigenvalue weighted by Gasteiger charge is -2.15. The number of hydrogen-bond acceptors (Lipinski definition) is 3. The predicted molar refractivity (Wildman–Crippen MR) is 138 cm³/mol. The van der Waals surface area contributed by atoms with Crippen molar-refractivity contribution in [2.75, 3.05) is 0 Å². The summed E-state index contributed by atoms with van der Waals surface area (Å²) in [6, 6.07) is 0. The molecule has 0 heterocycles. The van der Waals surface area contributed by atoms with Crippen LogP contribution in [0.1, 0.15) is 168 Å². The van der Waals surface area contributed by atoms with Crippen LogP contribution in [-0.4, -0.2) is 18.4 Å². The Hall–Kier alpha value is -0.860. The molecule has 0 aliphatic rings. The minimum Gasteiger partial charge on any atom is -0.462 e. The Balaban J connectivity index is 3.58. The van der Waals surface area contributed by atoms with E-state index in [4.69, 9.17) is 4.74 Å². The van der Waals surface area contributed by atoms with E-state index in [1.165, 1.54) is 116 Å². The number of ether oxygens (including phenoxy) is 1. The molecule has 3 nitrogen and oxygen atoms in total. The van der Waals surface area contributed by atoms with Crippen molar-refractivity contribution in [3.05, 3.63) is 0 Å². The fraction of sp³-hybridized carbons (Fsp3) is 0.931. The molecule has 0 saturated heterocycles. The summed E-state index contributed by atoms with van der Waals surface area (Å²) in [7, 11) is 0. The Labute approximate surface area is 200 Å². The molecule has 1 atom stereocenters. The van der Waals surface area contributed by atoms with Crippen LogP contribution in [0.4, 0.5) is 0 Å². The largest absolute Gasteiger partial charge is 0.462 e. The monoisotopic (exact) mass is 451 g/mol. The fourth-order valence-electron chi connectivity index (χ4n) is 4.33. The second kappa shape index (κ2) is 26.4. The quantitative estimate of drug-likeness (QED) is 0.0971. The average Bonchev–Trinajstić information content (AvgIpc) is 2.78. The molecule has 0 amide bonds. The SMILES string of the molecule is CCCCCCCCCCCCCC(=O)OC(C[C]=O)CCCCCCCCCCCC. The van der Waals surface area contributed by atoms with Gasteiger partial charge < -0.3 is 4.74 Å². The van der Waals surface area contributed by atoms with Gasteiger partial charge in [-0.05, 0) is 19.3 Å². The third-order valence-corrected chi connectivity index (χ3v) is 6.47. The molecule has 0 fully saturated rings. The molecule has 0 aliphatic heterocycles. The lowest BCUT2D eigenvalue weighted by Crippen LogP contribution is -2.18. The molecule has 1 radical (unpaired) electrons. The van der Waals surface area contributed by atoms with Gasteiger partial charge in [-0.25, -0.2) is 0 Å². The van der Waals surface area contributed by atoms with Gasteiger partial charge in [-0.1, -0.05) is 136 Å². The van der Waals surface area contributed by atoms with Crippen molar-refractivity contribution < 1.29 is 14.3 Å². The van der Waals surface area contributed by atoms with E-state index in [1.807, 2.05) is 6.29 Å². The van der Waals surface area contributed by atoms with Gasteiger partial charge in [0.15, 0.2) is 0 Å². The topological polar surface area (TPSA) is 43.4 Å². The summed E-state index contributed by atoms with van der Waals surface area (Å²) >= 11 is 0. The maximum atomic E-state index is 12.1. The Bertz CT molecular complexity index is 394. The van der Waals surface area contributed by atoms with E-state index in [0.29, 0.717) is 6.42 Å². The minimum absolute atomic E-state index is 0.131. The van der Waals surface area contributed by atoms with E-state index < -0.39 is 0 Å². The van der Waals surface area contributed by atoms with E-state index in [2.05, 4.69) is 13.8 Å². The first-order valence-electron chi connectivity index (χ1n) is 14.3. The molecule has 0 saturated carbocycles. The summed E-state index contributed by atoms with van der Waals surface area (Å²) in [4.78, 5) is 22.9. The summed E-state index contributed by atoms with van der Waals surface area (Å²) in [6.45, 7) is 4.51. The Kier molecular flexibility index (Phi) is 25.7. The van der Waals surface area contributed by atoms with Crippen LogP contribution in [0.2, 0.25) is 0 Å². The van der Waals surface area contributed by atoms with Crippen LogP contribution in [0.5, 0.6) is 0 Å². The smallest absolute Gasteiger partial charge is 0.306 e. The van der Waals surface area contributed by atoms with E-state index in [9.17, 15) is 9.59 Å². The zero-order valence-electron chi connectivity index (χ0n) is 21.8. The molecule has 189 valence electrons. The molecule has 3 heteroatoms. The van der Waals surface area contributed by atoms with E-state index in [1.54, 1.807) is 0 Å². The second-order valence-corrected chi connectivity index (χ2v) is 9.72. The lowest BCUT2D eigenvalue weighted by molar-refractivity contribution is -0.149. The molecule has 0 N–H and O–H groups in total. The van der Waals surface area contributed by atoms with Gasteiger partial charge in [-0.3, -0.25) is 9.59 Å². The zero-order valence-corrected chi connectivity index (χ0v) is 21.8. The van der Waals surface area contributed by atoms with E-state index in [0.717, 1.165) is 25.7 Å². The molecular weight excluding hydrogens is 396 g/mol. The Morgan fingerprint density at radius 3 is 1.38 bits per heavy atom. The first-order chi connectivity index (χ1) is 15.7. The second-order valence-electron chi connectivity index (χ2n) is 9.72. The third kappa shape index (κ3) is 23.8. The highest BCUT2D eigenvalue weighted by Crippen LogP contribution is 2.16. The van der Waals surface area contributed by atoms with Gasteiger partial charge in [0.25, 0.3) is 0 Å². The molecule has 1 unspecified atom stereocenters. The number of carbonyl (C=O) groups is 1. The van der Waals surface area contributed by atoms with Crippen molar-refractivity contribution in [2.24, 2.45) is 0 Å². The lowest BCUT2D eigenvalue weighted by atomic mass is 10.0. The Morgan fingerprint density at radius 2 is 0.969 bits per heavy atom. The van der Waals surface area contributed by atoms with Crippen molar-refractivity contribution in [1.29, 1.82) is 0 Å². The Morgan fingerprint density at radius 1 is 0.594 bits per heavy atom. The first kappa shape index (κ1) is 31.1. The number of unbranched alkanes of at least 4 members (excludes halogenated alkanes) is 19.